The van der Waals surface area contributed by atoms with Gasteiger partial charge in [0.15, 0.2) is 0 Å². The summed E-state index contributed by atoms with van der Waals surface area (Å²) in [6, 6.07) is 2.07. The Morgan fingerprint density at radius 1 is 1.33 bits per heavy atom. The maximum absolute atomic E-state index is 6.44. The molecule has 0 aromatic carbocycles. The molecule has 0 amide bonds. The number of rotatable bonds is 2. The minimum absolute atomic E-state index is 0.0381. The average Bonchev–Trinajstić information content (AvgIpc) is 2.74. The van der Waals surface area contributed by atoms with Gasteiger partial charge in [0.05, 0.1) is 9.16 Å². The van der Waals surface area contributed by atoms with E-state index in [0.29, 0.717) is 0 Å². The average molecular weight is 387 g/mol. The molecular formula is C10H7Br2ClS2. The lowest BCUT2D eigenvalue weighted by molar-refractivity contribution is 1.17. The Labute approximate surface area is 119 Å². The smallest absolute Gasteiger partial charge is 0.0939 e. The zero-order chi connectivity index (χ0) is 11.0. The molecule has 0 saturated carbocycles. The second kappa shape index (κ2) is 4.88. The summed E-state index contributed by atoms with van der Waals surface area (Å²) in [6.07, 6.45) is 0. The molecule has 0 bridgehead atoms. The van der Waals surface area contributed by atoms with Crippen molar-refractivity contribution in [2.75, 3.05) is 0 Å². The Kier molecular flexibility index (Phi) is 3.94. The standard InChI is InChI=1S/C10H7Br2ClS2/c1-5-3-14-4-6(5)9(13)8-2-7(11)10(12)15-8/h2-4,9H,1H3. The summed E-state index contributed by atoms with van der Waals surface area (Å²) in [7, 11) is 0. The van der Waals surface area contributed by atoms with Crippen molar-refractivity contribution in [3.8, 4) is 0 Å². The van der Waals surface area contributed by atoms with Crippen LogP contribution in [-0.4, -0.2) is 0 Å². The van der Waals surface area contributed by atoms with Crippen LogP contribution in [0.15, 0.2) is 25.1 Å². The molecular weight excluding hydrogens is 380 g/mol. The molecule has 0 aliphatic carbocycles. The number of alkyl halides is 1. The van der Waals surface area contributed by atoms with Gasteiger partial charge in [0.25, 0.3) is 0 Å². The minimum atomic E-state index is -0.0381. The van der Waals surface area contributed by atoms with Gasteiger partial charge in [0.2, 0.25) is 0 Å². The highest BCUT2D eigenvalue weighted by Gasteiger charge is 2.17. The first kappa shape index (κ1) is 12.1. The van der Waals surface area contributed by atoms with Crippen LogP contribution < -0.4 is 0 Å². The highest BCUT2D eigenvalue weighted by molar-refractivity contribution is 9.13. The monoisotopic (exact) mass is 384 g/mol. The zero-order valence-corrected chi connectivity index (χ0v) is 13.3. The largest absolute Gasteiger partial charge is 0.152 e. The van der Waals surface area contributed by atoms with Crippen LogP contribution in [0.25, 0.3) is 0 Å². The zero-order valence-electron chi connectivity index (χ0n) is 7.76. The molecule has 0 radical (unpaired) electrons. The molecule has 0 aliphatic rings. The maximum atomic E-state index is 6.44. The fourth-order valence-corrected chi connectivity index (χ4v) is 4.74. The molecule has 2 aromatic heterocycles. The quantitative estimate of drug-likeness (QED) is 0.558. The van der Waals surface area contributed by atoms with Gasteiger partial charge in [-0.3, -0.25) is 0 Å². The predicted molar refractivity (Wildman–Crippen MR) is 76.5 cm³/mol. The van der Waals surface area contributed by atoms with Crippen molar-refractivity contribution in [1.82, 2.24) is 0 Å². The summed E-state index contributed by atoms with van der Waals surface area (Å²) in [4.78, 5) is 1.16. The van der Waals surface area contributed by atoms with Crippen molar-refractivity contribution in [3.05, 3.63) is 41.1 Å². The van der Waals surface area contributed by atoms with Gasteiger partial charge < -0.3 is 0 Å². The molecule has 2 heterocycles. The third kappa shape index (κ3) is 2.50. The van der Waals surface area contributed by atoms with Crippen molar-refractivity contribution in [3.63, 3.8) is 0 Å². The van der Waals surface area contributed by atoms with E-state index in [9.17, 15) is 0 Å². The minimum Gasteiger partial charge on any atom is -0.152 e. The predicted octanol–water partition coefficient (Wildman–Crippen LogP) is 5.97. The SMILES string of the molecule is Cc1cscc1C(Cl)c1cc(Br)c(Br)s1. The van der Waals surface area contributed by atoms with Crippen LogP contribution in [0.4, 0.5) is 0 Å². The van der Waals surface area contributed by atoms with E-state index >= 15 is 0 Å². The molecule has 2 rings (SSSR count). The molecule has 80 valence electrons. The molecule has 0 nitrogen and oxygen atoms in total. The normalized spacial score (nSPS) is 13.1. The van der Waals surface area contributed by atoms with Gasteiger partial charge in [0, 0.05) is 9.35 Å². The summed E-state index contributed by atoms with van der Waals surface area (Å²) in [5.41, 5.74) is 2.48. The Bertz CT molecular complexity index is 456. The first-order valence-electron chi connectivity index (χ1n) is 4.21. The Morgan fingerprint density at radius 2 is 2.07 bits per heavy atom. The molecule has 0 N–H and O–H groups in total. The Hall–Kier alpha value is 0.650. The molecule has 0 fully saturated rings. The van der Waals surface area contributed by atoms with E-state index in [1.165, 1.54) is 11.1 Å². The van der Waals surface area contributed by atoms with E-state index in [1.54, 1.807) is 22.7 Å². The molecule has 15 heavy (non-hydrogen) atoms. The maximum Gasteiger partial charge on any atom is 0.0939 e. The Balaban J connectivity index is 2.36. The molecule has 1 atom stereocenters. The molecule has 1 unspecified atom stereocenters. The van der Waals surface area contributed by atoms with E-state index in [0.717, 1.165) is 13.1 Å². The molecule has 5 heteroatoms. The highest BCUT2D eigenvalue weighted by Crippen LogP contribution is 2.41. The lowest BCUT2D eigenvalue weighted by Gasteiger charge is -2.05. The van der Waals surface area contributed by atoms with Crippen molar-refractivity contribution >= 4 is 66.1 Å². The van der Waals surface area contributed by atoms with Crippen LogP contribution in [0, 0.1) is 6.92 Å². The second-order valence-corrected chi connectivity index (χ2v) is 7.58. The molecule has 0 saturated heterocycles. The lowest BCUT2D eigenvalue weighted by Crippen LogP contribution is -1.89. The second-order valence-electron chi connectivity index (χ2n) is 3.14. The van der Waals surface area contributed by atoms with E-state index in [-0.39, 0.29) is 5.38 Å². The first-order valence-corrected chi connectivity index (χ1v) is 7.99. The van der Waals surface area contributed by atoms with Crippen LogP contribution in [0.5, 0.6) is 0 Å². The summed E-state index contributed by atoms with van der Waals surface area (Å²) in [6.45, 7) is 2.10. The summed E-state index contributed by atoms with van der Waals surface area (Å²) >= 11 is 16.8. The fourth-order valence-electron chi connectivity index (χ4n) is 1.27. The number of hydrogen-bond donors (Lipinski definition) is 0. The van der Waals surface area contributed by atoms with Crippen molar-refractivity contribution < 1.29 is 0 Å². The summed E-state index contributed by atoms with van der Waals surface area (Å²) < 4.78 is 2.16. The highest BCUT2D eigenvalue weighted by atomic mass is 79.9. The van der Waals surface area contributed by atoms with Crippen molar-refractivity contribution in [1.29, 1.82) is 0 Å². The number of thiophene rings is 2. The van der Waals surface area contributed by atoms with Gasteiger partial charge >= 0.3 is 0 Å². The van der Waals surface area contributed by atoms with E-state index in [2.05, 4.69) is 55.6 Å². The van der Waals surface area contributed by atoms with Crippen molar-refractivity contribution in [2.45, 2.75) is 12.3 Å². The van der Waals surface area contributed by atoms with Gasteiger partial charge in [0.1, 0.15) is 0 Å². The van der Waals surface area contributed by atoms with Gasteiger partial charge in [-0.2, -0.15) is 11.3 Å². The lowest BCUT2D eigenvalue weighted by atomic mass is 10.1. The van der Waals surface area contributed by atoms with Gasteiger partial charge in [-0.1, -0.05) is 0 Å². The van der Waals surface area contributed by atoms with Gasteiger partial charge in [-0.05, 0) is 66.7 Å². The Morgan fingerprint density at radius 3 is 2.53 bits per heavy atom. The fraction of sp³-hybridized carbons (Fsp3) is 0.200. The number of aryl methyl sites for hydroxylation is 1. The third-order valence-corrected chi connectivity index (χ3v) is 6.88. The summed E-state index contributed by atoms with van der Waals surface area (Å²) in [5.74, 6) is 0. The molecule has 0 aliphatic heterocycles. The number of hydrogen-bond acceptors (Lipinski definition) is 2. The van der Waals surface area contributed by atoms with E-state index in [4.69, 9.17) is 11.6 Å². The van der Waals surface area contributed by atoms with Crippen LogP contribution in [0.2, 0.25) is 0 Å². The summed E-state index contributed by atoms with van der Waals surface area (Å²) in [5, 5.41) is 4.21. The van der Waals surface area contributed by atoms with Gasteiger partial charge in [-0.25, -0.2) is 0 Å². The van der Waals surface area contributed by atoms with Crippen LogP contribution in [-0.2, 0) is 0 Å². The van der Waals surface area contributed by atoms with Crippen LogP contribution >= 0.6 is 66.1 Å². The first-order chi connectivity index (χ1) is 7.09. The van der Waals surface area contributed by atoms with Crippen LogP contribution in [0.3, 0.4) is 0 Å². The third-order valence-electron chi connectivity index (χ3n) is 2.08. The number of halogens is 3. The van der Waals surface area contributed by atoms with Gasteiger partial charge in [-0.15, -0.1) is 22.9 Å². The molecule has 0 spiro atoms. The van der Waals surface area contributed by atoms with E-state index in [1.807, 2.05) is 0 Å². The van der Waals surface area contributed by atoms with Crippen molar-refractivity contribution in [2.24, 2.45) is 0 Å². The molecule has 2 aromatic rings. The van der Waals surface area contributed by atoms with Crippen LogP contribution in [0.1, 0.15) is 21.4 Å². The topological polar surface area (TPSA) is 0 Å². The van der Waals surface area contributed by atoms with E-state index < -0.39 is 0 Å².